The van der Waals surface area contributed by atoms with Gasteiger partial charge in [-0.3, -0.25) is 4.79 Å². The van der Waals surface area contributed by atoms with Gasteiger partial charge in [-0.2, -0.15) is 4.31 Å². The molecule has 0 aliphatic carbocycles. The minimum atomic E-state index is -3.76. The minimum absolute atomic E-state index is 0.191. The number of nitrogens with two attached hydrogens (primary N) is 1. The predicted octanol–water partition coefficient (Wildman–Crippen LogP) is 0.951. The van der Waals surface area contributed by atoms with Gasteiger partial charge in [-0.15, -0.1) is 0 Å². The molecular weight excluding hydrogens is 290 g/mol. The molecule has 0 fully saturated rings. The highest BCUT2D eigenvalue weighted by atomic mass is 32.2. The average molecular weight is 313 g/mol. The molecule has 0 radical (unpaired) electrons. The number of carbonyl (C=O) groups is 1. The molecule has 1 aromatic carbocycles. The first-order valence-electron chi connectivity index (χ1n) is 6.73. The number of amides is 1. The lowest BCUT2D eigenvalue weighted by Gasteiger charge is -2.23. The number of hydrogen-bond donors (Lipinski definition) is 2. The first kappa shape index (κ1) is 17.5. The zero-order chi connectivity index (χ0) is 16.4. The van der Waals surface area contributed by atoms with Crippen molar-refractivity contribution in [1.29, 1.82) is 0 Å². The van der Waals surface area contributed by atoms with E-state index < -0.39 is 10.0 Å². The monoisotopic (exact) mass is 313 g/mol. The zero-order valence-electron chi connectivity index (χ0n) is 13.1. The van der Waals surface area contributed by atoms with Crippen molar-refractivity contribution >= 4 is 21.6 Å². The molecular formula is C14H23N3O3S. The van der Waals surface area contributed by atoms with E-state index in [0.717, 1.165) is 9.87 Å². The summed E-state index contributed by atoms with van der Waals surface area (Å²) in [5, 5.41) is 2.43. The smallest absolute Gasteiger partial charge is 0.244 e. The van der Waals surface area contributed by atoms with Crippen LogP contribution >= 0.6 is 0 Å². The molecule has 0 spiro atoms. The van der Waals surface area contributed by atoms with Crippen LogP contribution in [-0.4, -0.2) is 38.8 Å². The van der Waals surface area contributed by atoms with E-state index in [1.807, 2.05) is 6.92 Å². The number of nitrogens with zero attached hydrogens (tertiary/aromatic N) is 1. The third-order valence-corrected chi connectivity index (χ3v) is 5.72. The van der Waals surface area contributed by atoms with Crippen LogP contribution in [0.15, 0.2) is 11.0 Å². The molecule has 0 atom stereocenters. The Labute approximate surface area is 126 Å². The van der Waals surface area contributed by atoms with Gasteiger partial charge in [0, 0.05) is 19.3 Å². The summed E-state index contributed by atoms with van der Waals surface area (Å²) in [7, 11) is -2.29. The summed E-state index contributed by atoms with van der Waals surface area (Å²) in [6.45, 7) is 6.97. The van der Waals surface area contributed by atoms with Gasteiger partial charge in [0.05, 0.1) is 11.4 Å². The molecule has 0 saturated heterocycles. The van der Waals surface area contributed by atoms with Crippen LogP contribution in [0.4, 0.5) is 5.69 Å². The highest BCUT2D eigenvalue weighted by Gasteiger charge is 2.29. The molecule has 0 aromatic heterocycles. The van der Waals surface area contributed by atoms with E-state index >= 15 is 0 Å². The van der Waals surface area contributed by atoms with Gasteiger partial charge in [0.1, 0.15) is 0 Å². The standard InChI is InChI=1S/C14H23N3O3S/c1-6-17(8-12(18)16-5)21(19,20)14-10(3)7-9(2)13(15)11(14)4/h7H,6,8,15H2,1-5H3,(H,16,18). The SMILES string of the molecule is CCN(CC(=O)NC)S(=O)(=O)c1c(C)cc(C)c(N)c1C. The second kappa shape index (κ2) is 6.44. The van der Waals surface area contributed by atoms with E-state index in [1.165, 1.54) is 7.05 Å². The van der Waals surface area contributed by atoms with Crippen LogP contribution in [-0.2, 0) is 14.8 Å². The number of nitrogen functional groups attached to an aromatic ring is 1. The van der Waals surface area contributed by atoms with Crippen molar-refractivity contribution in [3.63, 3.8) is 0 Å². The van der Waals surface area contributed by atoms with Crippen LogP contribution in [0.1, 0.15) is 23.6 Å². The molecule has 1 amide bonds. The summed E-state index contributed by atoms with van der Waals surface area (Å²) in [6, 6.07) is 1.75. The molecule has 1 aromatic rings. The minimum Gasteiger partial charge on any atom is -0.398 e. The van der Waals surface area contributed by atoms with Gasteiger partial charge in [0.25, 0.3) is 0 Å². The van der Waals surface area contributed by atoms with Gasteiger partial charge in [0.2, 0.25) is 15.9 Å². The quantitative estimate of drug-likeness (QED) is 0.792. The van der Waals surface area contributed by atoms with Gasteiger partial charge in [-0.25, -0.2) is 8.42 Å². The summed E-state index contributed by atoms with van der Waals surface area (Å²) in [5.74, 6) is -0.351. The Hall–Kier alpha value is -1.60. The molecule has 0 bridgehead atoms. The molecule has 6 nitrogen and oxygen atoms in total. The molecule has 1 rings (SSSR count). The van der Waals surface area contributed by atoms with Crippen molar-refractivity contribution in [2.45, 2.75) is 32.6 Å². The topological polar surface area (TPSA) is 92.5 Å². The second-order valence-corrected chi connectivity index (χ2v) is 6.86. The van der Waals surface area contributed by atoms with E-state index in [1.54, 1.807) is 26.8 Å². The summed E-state index contributed by atoms with van der Waals surface area (Å²) >= 11 is 0. The number of benzene rings is 1. The van der Waals surface area contributed by atoms with Gasteiger partial charge < -0.3 is 11.1 Å². The Morgan fingerprint density at radius 3 is 2.33 bits per heavy atom. The van der Waals surface area contributed by atoms with Crippen LogP contribution in [0.25, 0.3) is 0 Å². The Balaban J connectivity index is 3.43. The van der Waals surface area contributed by atoms with E-state index in [4.69, 9.17) is 5.73 Å². The van der Waals surface area contributed by atoms with Crippen LogP contribution in [0.5, 0.6) is 0 Å². The van der Waals surface area contributed by atoms with Crippen LogP contribution in [0, 0.1) is 20.8 Å². The maximum absolute atomic E-state index is 12.8. The number of likely N-dealkylation sites (N-methyl/N-ethyl adjacent to an activating group) is 2. The van der Waals surface area contributed by atoms with Crippen LogP contribution in [0.3, 0.4) is 0 Å². The Bertz CT molecular complexity index is 654. The van der Waals surface area contributed by atoms with Crippen molar-refractivity contribution in [3.05, 3.63) is 22.8 Å². The predicted molar refractivity (Wildman–Crippen MR) is 83.6 cm³/mol. The molecule has 7 heteroatoms. The number of sulfonamides is 1. The molecule has 21 heavy (non-hydrogen) atoms. The summed E-state index contributed by atoms with van der Waals surface area (Å²) in [6.07, 6.45) is 0. The Kier molecular flexibility index (Phi) is 5.36. The second-order valence-electron chi connectivity index (χ2n) is 4.98. The van der Waals surface area contributed by atoms with Crippen LogP contribution in [0.2, 0.25) is 0 Å². The lowest BCUT2D eigenvalue weighted by atomic mass is 10.1. The Morgan fingerprint density at radius 2 is 1.86 bits per heavy atom. The van der Waals surface area contributed by atoms with Crippen molar-refractivity contribution in [2.75, 3.05) is 25.9 Å². The van der Waals surface area contributed by atoms with Crippen molar-refractivity contribution in [2.24, 2.45) is 0 Å². The molecule has 0 aliphatic heterocycles. The Morgan fingerprint density at radius 1 is 1.29 bits per heavy atom. The molecule has 0 unspecified atom stereocenters. The van der Waals surface area contributed by atoms with E-state index in [2.05, 4.69) is 5.32 Å². The largest absolute Gasteiger partial charge is 0.398 e. The first-order chi connectivity index (χ1) is 9.66. The van der Waals surface area contributed by atoms with Gasteiger partial charge in [-0.05, 0) is 37.5 Å². The number of nitrogens with one attached hydrogen (secondary N) is 1. The highest BCUT2D eigenvalue weighted by Crippen LogP contribution is 2.30. The summed E-state index contributed by atoms with van der Waals surface area (Å²) in [4.78, 5) is 11.7. The molecule has 0 heterocycles. The number of rotatable bonds is 5. The first-order valence-corrected chi connectivity index (χ1v) is 8.17. The van der Waals surface area contributed by atoms with Crippen molar-refractivity contribution in [3.8, 4) is 0 Å². The average Bonchev–Trinajstić information content (AvgIpc) is 2.41. The fraction of sp³-hybridized carbons (Fsp3) is 0.500. The number of hydrogen-bond acceptors (Lipinski definition) is 4. The van der Waals surface area contributed by atoms with E-state index in [0.29, 0.717) is 16.8 Å². The fourth-order valence-electron chi connectivity index (χ4n) is 2.31. The zero-order valence-corrected chi connectivity index (χ0v) is 14.0. The maximum Gasteiger partial charge on any atom is 0.244 e. The van der Waals surface area contributed by atoms with E-state index in [-0.39, 0.29) is 23.9 Å². The third-order valence-electron chi connectivity index (χ3n) is 3.51. The van der Waals surface area contributed by atoms with Crippen LogP contribution < -0.4 is 11.1 Å². The number of anilines is 1. The van der Waals surface area contributed by atoms with Crippen molar-refractivity contribution < 1.29 is 13.2 Å². The normalized spacial score (nSPS) is 11.7. The molecule has 0 aliphatic rings. The summed E-state index contributed by atoms with van der Waals surface area (Å²) < 4.78 is 26.8. The van der Waals surface area contributed by atoms with Gasteiger partial charge in [0.15, 0.2) is 0 Å². The summed E-state index contributed by atoms with van der Waals surface area (Å²) in [5.41, 5.74) is 8.43. The molecule has 0 saturated carbocycles. The maximum atomic E-state index is 12.8. The molecule has 118 valence electrons. The van der Waals surface area contributed by atoms with Gasteiger partial charge in [-0.1, -0.05) is 13.0 Å². The lowest BCUT2D eigenvalue weighted by Crippen LogP contribution is -2.40. The molecule has 3 N–H and O–H groups in total. The fourth-order valence-corrected chi connectivity index (χ4v) is 4.16. The number of carbonyl (C=O) groups excluding carboxylic acids is 1. The highest BCUT2D eigenvalue weighted by molar-refractivity contribution is 7.89. The van der Waals surface area contributed by atoms with Crippen molar-refractivity contribution in [1.82, 2.24) is 9.62 Å². The van der Waals surface area contributed by atoms with Gasteiger partial charge >= 0.3 is 0 Å². The third kappa shape index (κ3) is 3.36. The van der Waals surface area contributed by atoms with E-state index in [9.17, 15) is 13.2 Å². The lowest BCUT2D eigenvalue weighted by molar-refractivity contribution is -0.120. The number of aryl methyl sites for hydroxylation is 2.